The second-order valence-corrected chi connectivity index (χ2v) is 6.55. The van der Waals surface area contributed by atoms with E-state index in [-0.39, 0.29) is 24.8 Å². The third kappa shape index (κ3) is 4.11. The molecule has 5 nitrogen and oxygen atoms in total. The Labute approximate surface area is 127 Å². The number of benzene rings is 1. The maximum absolute atomic E-state index is 11.7. The number of nitrogens with one attached hydrogen (secondary N) is 2. The van der Waals surface area contributed by atoms with Crippen LogP contribution in [0, 0.1) is 0 Å². The van der Waals surface area contributed by atoms with E-state index in [2.05, 4.69) is 26.6 Å². The zero-order chi connectivity index (χ0) is 14.8. The Morgan fingerprint density at radius 2 is 1.95 bits per heavy atom. The lowest BCUT2D eigenvalue weighted by atomic mass is 10.1. The average molecular weight is 343 g/mol. The molecule has 1 aromatic rings. The first-order valence-corrected chi connectivity index (χ1v) is 7.24. The van der Waals surface area contributed by atoms with Crippen molar-refractivity contribution in [1.29, 1.82) is 0 Å². The van der Waals surface area contributed by atoms with Crippen LogP contribution in [0.1, 0.15) is 26.3 Å². The number of hydrogen-bond acceptors (Lipinski definition) is 4. The van der Waals surface area contributed by atoms with Crippen LogP contribution >= 0.6 is 15.9 Å². The average Bonchev–Trinajstić information content (AvgIpc) is 2.73. The van der Waals surface area contributed by atoms with Crippen molar-refractivity contribution in [1.82, 2.24) is 10.6 Å². The Morgan fingerprint density at radius 3 is 2.60 bits per heavy atom. The maximum atomic E-state index is 11.7. The number of hydrogen-bond donors (Lipinski definition) is 2. The number of ether oxygens (including phenoxy) is 2. The van der Waals surface area contributed by atoms with Gasteiger partial charge in [0.15, 0.2) is 11.5 Å². The van der Waals surface area contributed by atoms with Crippen LogP contribution < -0.4 is 20.1 Å². The van der Waals surface area contributed by atoms with Crippen LogP contribution in [0.4, 0.5) is 0 Å². The van der Waals surface area contributed by atoms with Gasteiger partial charge in [0.2, 0.25) is 12.7 Å². The van der Waals surface area contributed by atoms with Gasteiger partial charge in [0, 0.05) is 16.6 Å². The van der Waals surface area contributed by atoms with E-state index in [1.807, 2.05) is 32.9 Å². The molecule has 20 heavy (non-hydrogen) atoms. The van der Waals surface area contributed by atoms with Crippen molar-refractivity contribution in [3.05, 3.63) is 22.2 Å². The summed E-state index contributed by atoms with van der Waals surface area (Å²) in [5, 5.41) is 6.02. The summed E-state index contributed by atoms with van der Waals surface area (Å²) in [6.45, 7) is 6.98. The zero-order valence-corrected chi connectivity index (χ0v) is 13.5. The smallest absolute Gasteiger partial charge is 0.234 e. The Balaban J connectivity index is 1.87. The summed E-state index contributed by atoms with van der Waals surface area (Å²) in [7, 11) is 0. The largest absolute Gasteiger partial charge is 0.454 e. The molecule has 0 radical (unpaired) electrons. The summed E-state index contributed by atoms with van der Waals surface area (Å²) in [5.41, 5.74) is 0.816. The van der Waals surface area contributed by atoms with Crippen LogP contribution in [0.5, 0.6) is 11.5 Å². The fourth-order valence-electron chi connectivity index (χ4n) is 1.87. The van der Waals surface area contributed by atoms with Crippen molar-refractivity contribution < 1.29 is 14.3 Å². The molecule has 1 heterocycles. The van der Waals surface area contributed by atoms with Gasteiger partial charge in [-0.05, 0) is 38.5 Å². The molecular weight excluding hydrogens is 324 g/mol. The Kier molecular flexibility index (Phi) is 4.55. The second-order valence-electron chi connectivity index (χ2n) is 5.70. The molecule has 1 amide bonds. The lowest BCUT2D eigenvalue weighted by Gasteiger charge is -2.20. The first-order valence-electron chi connectivity index (χ1n) is 6.45. The van der Waals surface area contributed by atoms with Gasteiger partial charge in [-0.3, -0.25) is 4.79 Å². The quantitative estimate of drug-likeness (QED) is 0.880. The first kappa shape index (κ1) is 15.1. The van der Waals surface area contributed by atoms with Gasteiger partial charge in [0.1, 0.15) is 0 Å². The summed E-state index contributed by atoms with van der Waals surface area (Å²) >= 11 is 3.49. The maximum Gasteiger partial charge on any atom is 0.234 e. The van der Waals surface area contributed by atoms with E-state index in [0.29, 0.717) is 6.54 Å². The van der Waals surface area contributed by atoms with Crippen LogP contribution in [-0.4, -0.2) is 24.8 Å². The van der Waals surface area contributed by atoms with Crippen LogP contribution in [0.15, 0.2) is 16.6 Å². The van der Waals surface area contributed by atoms with Crippen molar-refractivity contribution >= 4 is 21.8 Å². The van der Waals surface area contributed by atoms with Crippen molar-refractivity contribution in [3.8, 4) is 11.5 Å². The van der Waals surface area contributed by atoms with Crippen LogP contribution in [-0.2, 0) is 11.3 Å². The highest BCUT2D eigenvalue weighted by Crippen LogP contribution is 2.36. The molecule has 0 saturated heterocycles. The molecule has 0 fully saturated rings. The Hall–Kier alpha value is -1.27. The molecule has 0 aromatic heterocycles. The molecule has 2 rings (SSSR count). The minimum absolute atomic E-state index is 0.0191. The van der Waals surface area contributed by atoms with Gasteiger partial charge in [0.05, 0.1) is 6.54 Å². The number of fused-ring (bicyclic) bond motifs is 1. The minimum Gasteiger partial charge on any atom is -0.454 e. The molecule has 1 aliphatic rings. The fourth-order valence-corrected chi connectivity index (χ4v) is 2.33. The molecule has 0 bridgehead atoms. The fraction of sp³-hybridized carbons (Fsp3) is 0.500. The Bertz CT molecular complexity index is 512. The van der Waals surface area contributed by atoms with Gasteiger partial charge in [-0.1, -0.05) is 15.9 Å². The molecule has 0 saturated carbocycles. The normalized spacial score (nSPS) is 13.4. The SMILES string of the molecule is CC(C)(C)NC(=O)CNCc1cc2c(cc1Br)OCO2. The third-order valence-electron chi connectivity index (χ3n) is 2.66. The molecule has 0 atom stereocenters. The summed E-state index contributed by atoms with van der Waals surface area (Å²) < 4.78 is 11.6. The summed E-state index contributed by atoms with van der Waals surface area (Å²) in [6, 6.07) is 3.80. The zero-order valence-electron chi connectivity index (χ0n) is 11.9. The highest BCUT2D eigenvalue weighted by atomic mass is 79.9. The number of carbonyl (C=O) groups excluding carboxylic acids is 1. The number of carbonyl (C=O) groups is 1. The molecule has 6 heteroatoms. The standard InChI is InChI=1S/C14H19BrN2O3/c1-14(2,3)17-13(18)7-16-6-9-4-11-12(5-10(9)15)20-8-19-11/h4-5,16H,6-8H2,1-3H3,(H,17,18). The van der Waals surface area contributed by atoms with Gasteiger partial charge in [-0.2, -0.15) is 0 Å². The Morgan fingerprint density at radius 1 is 1.30 bits per heavy atom. The van der Waals surface area contributed by atoms with Crippen molar-refractivity contribution in [2.24, 2.45) is 0 Å². The lowest BCUT2D eigenvalue weighted by molar-refractivity contribution is -0.121. The second kappa shape index (κ2) is 6.01. The summed E-state index contributed by atoms with van der Waals surface area (Å²) in [6.07, 6.45) is 0. The molecular formula is C14H19BrN2O3. The van der Waals surface area contributed by atoms with Crippen molar-refractivity contribution in [2.75, 3.05) is 13.3 Å². The van der Waals surface area contributed by atoms with Crippen LogP contribution in [0.25, 0.3) is 0 Å². The number of amides is 1. The molecule has 1 aromatic carbocycles. The molecule has 0 unspecified atom stereocenters. The van der Waals surface area contributed by atoms with Crippen molar-refractivity contribution in [2.45, 2.75) is 32.9 Å². The molecule has 0 aliphatic carbocycles. The van der Waals surface area contributed by atoms with Gasteiger partial charge >= 0.3 is 0 Å². The van der Waals surface area contributed by atoms with Crippen LogP contribution in [0.2, 0.25) is 0 Å². The van der Waals surface area contributed by atoms with E-state index in [4.69, 9.17) is 9.47 Å². The van der Waals surface area contributed by atoms with E-state index in [1.165, 1.54) is 0 Å². The van der Waals surface area contributed by atoms with Gasteiger partial charge in [-0.15, -0.1) is 0 Å². The van der Waals surface area contributed by atoms with Gasteiger partial charge < -0.3 is 20.1 Å². The summed E-state index contributed by atoms with van der Waals surface area (Å²) in [4.78, 5) is 11.7. The van der Waals surface area contributed by atoms with E-state index in [9.17, 15) is 4.79 Å². The predicted molar refractivity (Wildman–Crippen MR) is 79.9 cm³/mol. The van der Waals surface area contributed by atoms with E-state index in [1.54, 1.807) is 0 Å². The van der Waals surface area contributed by atoms with Crippen molar-refractivity contribution in [3.63, 3.8) is 0 Å². The van der Waals surface area contributed by atoms with E-state index < -0.39 is 0 Å². The van der Waals surface area contributed by atoms with Gasteiger partial charge in [0.25, 0.3) is 0 Å². The third-order valence-corrected chi connectivity index (χ3v) is 3.40. The van der Waals surface area contributed by atoms with Gasteiger partial charge in [-0.25, -0.2) is 0 Å². The molecule has 110 valence electrons. The highest BCUT2D eigenvalue weighted by Gasteiger charge is 2.17. The monoisotopic (exact) mass is 342 g/mol. The minimum atomic E-state index is -0.210. The van der Waals surface area contributed by atoms with E-state index in [0.717, 1.165) is 21.5 Å². The number of rotatable bonds is 4. The highest BCUT2D eigenvalue weighted by molar-refractivity contribution is 9.10. The molecule has 0 spiro atoms. The lowest BCUT2D eigenvalue weighted by Crippen LogP contribution is -2.44. The topological polar surface area (TPSA) is 59.6 Å². The van der Waals surface area contributed by atoms with Crippen LogP contribution in [0.3, 0.4) is 0 Å². The molecule has 2 N–H and O–H groups in total. The first-order chi connectivity index (χ1) is 9.35. The number of halogens is 1. The molecule has 1 aliphatic heterocycles. The van der Waals surface area contributed by atoms with E-state index >= 15 is 0 Å². The summed E-state index contributed by atoms with van der Waals surface area (Å²) in [5.74, 6) is 1.46. The predicted octanol–water partition coefficient (Wildman–Crippen LogP) is 2.18.